The quantitative estimate of drug-likeness (QED) is 0.673. The van der Waals surface area contributed by atoms with Gasteiger partial charge in [0.2, 0.25) is 0 Å². The van der Waals surface area contributed by atoms with E-state index in [1.807, 2.05) is 6.92 Å². The van der Waals surface area contributed by atoms with Crippen LogP contribution in [-0.4, -0.2) is 20.4 Å². The zero-order chi connectivity index (χ0) is 17.3. The van der Waals surface area contributed by atoms with Gasteiger partial charge < -0.3 is 20.4 Å². The molecule has 1 fully saturated rings. The van der Waals surface area contributed by atoms with Gasteiger partial charge in [-0.2, -0.15) is 0 Å². The van der Waals surface area contributed by atoms with Gasteiger partial charge in [0, 0.05) is 28.7 Å². The first-order valence-corrected chi connectivity index (χ1v) is 8.48. The highest BCUT2D eigenvalue weighted by molar-refractivity contribution is 5.54. The van der Waals surface area contributed by atoms with Gasteiger partial charge in [-0.25, -0.2) is 0 Å². The van der Waals surface area contributed by atoms with Gasteiger partial charge in [-0.05, 0) is 30.9 Å². The van der Waals surface area contributed by atoms with E-state index in [9.17, 15) is 20.4 Å². The summed E-state index contributed by atoms with van der Waals surface area (Å²) in [4.78, 5) is 0. The number of hydrogen-bond donors (Lipinski definition) is 4. The highest BCUT2D eigenvalue weighted by Crippen LogP contribution is 2.51. The Labute approximate surface area is 142 Å². The Morgan fingerprint density at radius 3 is 1.62 bits per heavy atom. The summed E-state index contributed by atoms with van der Waals surface area (Å²) in [5.41, 5.74) is 0.775. The van der Waals surface area contributed by atoms with Crippen LogP contribution >= 0.6 is 0 Å². The lowest BCUT2D eigenvalue weighted by Crippen LogP contribution is -2.35. The molecule has 0 radical (unpaired) electrons. The van der Waals surface area contributed by atoms with E-state index in [4.69, 9.17) is 0 Å². The van der Waals surface area contributed by atoms with Crippen molar-refractivity contribution in [3.8, 4) is 23.0 Å². The van der Waals surface area contributed by atoms with E-state index in [1.165, 1.54) is 18.6 Å². The summed E-state index contributed by atoms with van der Waals surface area (Å²) < 4.78 is 0. The van der Waals surface area contributed by atoms with Crippen LogP contribution in [0.5, 0.6) is 23.0 Å². The standard InChI is InChI=1S/C20H24O4/c1-20(13-5-3-2-4-6-13,16-9-7-14(21)11-18(16)23)17-10-8-15(22)12-19(17)24/h7-13,21-24H,2-6H2,1H3. The third kappa shape index (κ3) is 2.77. The first-order valence-electron chi connectivity index (χ1n) is 8.48. The van der Waals surface area contributed by atoms with Gasteiger partial charge in [0.15, 0.2) is 0 Å². The molecule has 2 aromatic rings. The minimum absolute atomic E-state index is 0.0113. The number of aromatic hydroxyl groups is 4. The third-order valence-electron chi connectivity index (χ3n) is 5.50. The molecule has 24 heavy (non-hydrogen) atoms. The van der Waals surface area contributed by atoms with Crippen LogP contribution in [0.15, 0.2) is 36.4 Å². The number of benzene rings is 2. The van der Waals surface area contributed by atoms with Gasteiger partial charge in [-0.1, -0.05) is 38.3 Å². The van der Waals surface area contributed by atoms with Crippen molar-refractivity contribution in [2.75, 3.05) is 0 Å². The van der Waals surface area contributed by atoms with E-state index in [-0.39, 0.29) is 28.9 Å². The second kappa shape index (κ2) is 6.27. The number of hydrogen-bond acceptors (Lipinski definition) is 4. The van der Waals surface area contributed by atoms with Crippen LogP contribution < -0.4 is 0 Å². The largest absolute Gasteiger partial charge is 0.508 e. The second-order valence-electron chi connectivity index (χ2n) is 6.94. The summed E-state index contributed by atoms with van der Waals surface area (Å²) in [6.45, 7) is 2.03. The molecule has 4 heteroatoms. The van der Waals surface area contributed by atoms with Crippen LogP contribution in [0.25, 0.3) is 0 Å². The first kappa shape index (κ1) is 16.5. The van der Waals surface area contributed by atoms with Gasteiger partial charge in [0.25, 0.3) is 0 Å². The highest BCUT2D eigenvalue weighted by atomic mass is 16.3. The molecule has 4 N–H and O–H groups in total. The fourth-order valence-electron chi connectivity index (χ4n) is 4.18. The minimum atomic E-state index is -0.601. The fourth-order valence-corrected chi connectivity index (χ4v) is 4.18. The average Bonchev–Trinajstić information content (AvgIpc) is 2.55. The van der Waals surface area contributed by atoms with E-state index in [1.54, 1.807) is 24.3 Å². The van der Waals surface area contributed by atoms with Crippen molar-refractivity contribution < 1.29 is 20.4 Å². The highest BCUT2D eigenvalue weighted by Gasteiger charge is 2.41. The van der Waals surface area contributed by atoms with Crippen molar-refractivity contribution in [3.05, 3.63) is 47.5 Å². The van der Waals surface area contributed by atoms with E-state index in [0.717, 1.165) is 25.7 Å². The monoisotopic (exact) mass is 328 g/mol. The normalized spacial score (nSPS) is 16.2. The predicted octanol–water partition coefficient (Wildman–Crippen LogP) is 4.40. The molecular formula is C20H24O4. The van der Waals surface area contributed by atoms with Gasteiger partial charge in [-0.3, -0.25) is 0 Å². The van der Waals surface area contributed by atoms with Crippen LogP contribution in [0.3, 0.4) is 0 Å². The van der Waals surface area contributed by atoms with Crippen LogP contribution in [0.1, 0.15) is 50.2 Å². The molecule has 1 aliphatic carbocycles. The summed E-state index contributed by atoms with van der Waals surface area (Å²) in [5, 5.41) is 40.2. The Morgan fingerprint density at radius 1 is 0.750 bits per heavy atom. The van der Waals surface area contributed by atoms with Crippen molar-refractivity contribution in [1.82, 2.24) is 0 Å². The Bertz CT molecular complexity index is 681. The lowest BCUT2D eigenvalue weighted by Gasteiger charge is -2.41. The Balaban J connectivity index is 2.20. The molecule has 4 nitrogen and oxygen atoms in total. The summed E-state index contributed by atoms with van der Waals surface area (Å²) in [6, 6.07) is 9.26. The minimum Gasteiger partial charge on any atom is -0.508 e. The van der Waals surface area contributed by atoms with Crippen molar-refractivity contribution in [2.24, 2.45) is 5.92 Å². The molecule has 0 atom stereocenters. The molecule has 1 saturated carbocycles. The molecule has 3 rings (SSSR count). The van der Waals surface area contributed by atoms with Crippen LogP contribution in [0.2, 0.25) is 0 Å². The van der Waals surface area contributed by atoms with Crippen LogP contribution in [0.4, 0.5) is 0 Å². The molecule has 0 aromatic heterocycles. The van der Waals surface area contributed by atoms with Crippen molar-refractivity contribution >= 4 is 0 Å². The summed E-state index contributed by atoms with van der Waals surface area (Å²) in [5.74, 6) is 0.331. The zero-order valence-corrected chi connectivity index (χ0v) is 13.9. The van der Waals surface area contributed by atoms with Gasteiger partial charge in [-0.15, -0.1) is 0 Å². The first-order chi connectivity index (χ1) is 11.4. The maximum Gasteiger partial charge on any atom is 0.123 e. The maximum absolute atomic E-state index is 10.5. The Kier molecular flexibility index (Phi) is 4.31. The molecule has 128 valence electrons. The SMILES string of the molecule is CC(c1ccc(O)cc1O)(c1ccc(O)cc1O)C1CCCCC1. The van der Waals surface area contributed by atoms with Gasteiger partial charge in [0.1, 0.15) is 23.0 Å². The number of phenols is 4. The molecule has 0 unspecified atom stereocenters. The molecule has 0 aliphatic heterocycles. The van der Waals surface area contributed by atoms with Gasteiger partial charge in [0.05, 0.1) is 0 Å². The van der Waals surface area contributed by atoms with Gasteiger partial charge >= 0.3 is 0 Å². The molecular weight excluding hydrogens is 304 g/mol. The Hall–Kier alpha value is -2.36. The van der Waals surface area contributed by atoms with E-state index in [2.05, 4.69) is 0 Å². The van der Waals surface area contributed by atoms with E-state index in [0.29, 0.717) is 11.1 Å². The second-order valence-corrected chi connectivity index (χ2v) is 6.94. The summed E-state index contributed by atoms with van der Waals surface area (Å²) in [6.07, 6.45) is 5.47. The number of rotatable bonds is 3. The molecule has 0 spiro atoms. The molecule has 2 aromatic carbocycles. The average molecular weight is 328 g/mol. The van der Waals surface area contributed by atoms with Crippen molar-refractivity contribution in [3.63, 3.8) is 0 Å². The number of phenolic OH excluding ortho intramolecular Hbond substituents is 4. The molecule has 1 aliphatic rings. The molecule has 0 heterocycles. The smallest absolute Gasteiger partial charge is 0.123 e. The Morgan fingerprint density at radius 2 is 1.21 bits per heavy atom. The lowest BCUT2D eigenvalue weighted by molar-refractivity contribution is 0.244. The summed E-state index contributed by atoms with van der Waals surface area (Å²) in [7, 11) is 0. The predicted molar refractivity (Wildman–Crippen MR) is 92.6 cm³/mol. The van der Waals surface area contributed by atoms with E-state index >= 15 is 0 Å². The van der Waals surface area contributed by atoms with Crippen LogP contribution in [-0.2, 0) is 5.41 Å². The van der Waals surface area contributed by atoms with Crippen molar-refractivity contribution in [2.45, 2.75) is 44.4 Å². The van der Waals surface area contributed by atoms with Crippen molar-refractivity contribution in [1.29, 1.82) is 0 Å². The molecule has 0 amide bonds. The zero-order valence-electron chi connectivity index (χ0n) is 13.9. The maximum atomic E-state index is 10.5. The molecule has 0 saturated heterocycles. The van der Waals surface area contributed by atoms with E-state index < -0.39 is 5.41 Å². The summed E-state index contributed by atoms with van der Waals surface area (Å²) >= 11 is 0. The lowest BCUT2D eigenvalue weighted by atomic mass is 9.62. The third-order valence-corrected chi connectivity index (χ3v) is 5.50. The topological polar surface area (TPSA) is 80.9 Å². The van der Waals surface area contributed by atoms with Crippen LogP contribution in [0, 0.1) is 5.92 Å². The molecule has 0 bridgehead atoms. The fraction of sp³-hybridized carbons (Fsp3) is 0.400.